The molecule has 2 rings (SSSR count). The van der Waals surface area contributed by atoms with Crippen LogP contribution in [-0.2, 0) is 4.79 Å². The van der Waals surface area contributed by atoms with Crippen LogP contribution in [0.2, 0.25) is 0 Å². The number of ketones is 1. The Balaban J connectivity index is 1.88. The number of Topliss-reactive ketones (excluding diaryl/α,β-unsaturated/α-hetero) is 1. The van der Waals surface area contributed by atoms with Crippen molar-refractivity contribution < 1.29 is 9.59 Å². The Kier molecular flexibility index (Phi) is 9.79. The Bertz CT molecular complexity index is 754. The summed E-state index contributed by atoms with van der Waals surface area (Å²) in [4.78, 5) is 27.2. The zero-order valence-electron chi connectivity index (χ0n) is 18.8. The van der Waals surface area contributed by atoms with Crippen LogP contribution >= 0.6 is 0 Å². The van der Waals surface area contributed by atoms with Gasteiger partial charge in [-0.2, -0.15) is 0 Å². The molecule has 1 aromatic carbocycles. The van der Waals surface area contributed by atoms with Gasteiger partial charge in [-0.15, -0.1) is 0 Å². The van der Waals surface area contributed by atoms with Crippen molar-refractivity contribution >= 4 is 11.7 Å². The topological polar surface area (TPSA) is 37.4 Å². The average molecular weight is 408 g/mol. The highest BCUT2D eigenvalue weighted by Gasteiger charge is 2.30. The van der Waals surface area contributed by atoms with Crippen molar-refractivity contribution in [2.45, 2.75) is 64.8 Å². The number of hydrogen-bond acceptors (Lipinski definition) is 2. The Hall–Kier alpha value is -2.42. The summed E-state index contributed by atoms with van der Waals surface area (Å²) in [6.45, 7) is 7.87. The second-order valence-corrected chi connectivity index (χ2v) is 8.34. The van der Waals surface area contributed by atoms with Crippen molar-refractivity contribution in [1.29, 1.82) is 0 Å². The summed E-state index contributed by atoms with van der Waals surface area (Å²) in [5.74, 6) is 1.53. The number of carbonyl (C=O) groups excluding carboxylic acids is 2. The van der Waals surface area contributed by atoms with Crippen LogP contribution in [0.1, 0.15) is 69.2 Å². The highest BCUT2D eigenvalue weighted by molar-refractivity contribution is 5.98. The van der Waals surface area contributed by atoms with Gasteiger partial charge in [-0.1, -0.05) is 62.4 Å². The highest BCUT2D eigenvalue weighted by Crippen LogP contribution is 2.36. The van der Waals surface area contributed by atoms with E-state index in [1.165, 1.54) is 0 Å². The van der Waals surface area contributed by atoms with E-state index < -0.39 is 0 Å². The van der Waals surface area contributed by atoms with Gasteiger partial charge in [0.15, 0.2) is 5.78 Å². The average Bonchev–Trinajstić information content (AvgIpc) is 2.79. The molecule has 1 fully saturated rings. The fraction of sp³-hybridized carbons (Fsp3) is 0.481. The molecule has 0 bridgehead atoms. The Morgan fingerprint density at radius 2 is 1.83 bits per heavy atom. The Labute approximate surface area is 182 Å². The largest absolute Gasteiger partial charge is 0.339 e. The Morgan fingerprint density at radius 1 is 1.17 bits per heavy atom. The molecular weight excluding hydrogens is 370 g/mol. The predicted octanol–water partition coefficient (Wildman–Crippen LogP) is 6.38. The molecule has 1 aliphatic carbocycles. The summed E-state index contributed by atoms with van der Waals surface area (Å²) in [5, 5.41) is 0. The number of hydrogen-bond donors (Lipinski definition) is 0. The van der Waals surface area contributed by atoms with E-state index in [0.29, 0.717) is 24.3 Å². The van der Waals surface area contributed by atoms with Crippen molar-refractivity contribution in [3.05, 3.63) is 72.4 Å². The SMILES string of the molecule is C=C/C=C(\C=C/C)C(=O)CCC(CC)C1CCC(N(C)C(=O)c2ccccc2)CC1. The molecule has 1 amide bonds. The molecule has 30 heavy (non-hydrogen) atoms. The maximum absolute atomic E-state index is 12.7. The molecule has 0 N–H and O–H groups in total. The van der Waals surface area contributed by atoms with Gasteiger partial charge in [0.2, 0.25) is 0 Å². The standard InChI is InChI=1S/C27H37NO2/c1-5-11-23(12-6-2)26(29)20-17-21(7-3)22-15-18-25(19-16-22)28(4)27(30)24-13-9-8-10-14-24/h5-6,8-14,21-22,25H,1,7,15-20H2,2-4H3/b12-6-,23-11+. The second-order valence-electron chi connectivity index (χ2n) is 8.34. The first-order chi connectivity index (χ1) is 14.5. The van der Waals surface area contributed by atoms with Gasteiger partial charge >= 0.3 is 0 Å². The molecule has 0 spiro atoms. The zero-order chi connectivity index (χ0) is 21.9. The summed E-state index contributed by atoms with van der Waals surface area (Å²) in [6.07, 6.45) is 14.2. The van der Waals surface area contributed by atoms with Gasteiger partial charge in [0.05, 0.1) is 0 Å². The van der Waals surface area contributed by atoms with Crippen LogP contribution < -0.4 is 0 Å². The van der Waals surface area contributed by atoms with Crippen molar-refractivity contribution in [3.63, 3.8) is 0 Å². The van der Waals surface area contributed by atoms with Gasteiger partial charge in [-0.3, -0.25) is 9.59 Å². The molecule has 0 radical (unpaired) electrons. The first kappa shape index (κ1) is 23.9. The number of benzene rings is 1. The molecule has 1 saturated carbocycles. The lowest BCUT2D eigenvalue weighted by molar-refractivity contribution is -0.115. The molecule has 1 unspecified atom stereocenters. The molecular formula is C27H37NO2. The number of rotatable bonds is 10. The van der Waals surface area contributed by atoms with Crippen LogP contribution in [0.4, 0.5) is 0 Å². The van der Waals surface area contributed by atoms with Gasteiger partial charge in [0.1, 0.15) is 0 Å². The van der Waals surface area contributed by atoms with E-state index in [2.05, 4.69) is 13.5 Å². The number of nitrogens with zero attached hydrogens (tertiary/aromatic N) is 1. The van der Waals surface area contributed by atoms with Crippen LogP contribution in [0.5, 0.6) is 0 Å². The van der Waals surface area contributed by atoms with Gasteiger partial charge < -0.3 is 4.90 Å². The lowest BCUT2D eigenvalue weighted by Gasteiger charge is -2.37. The van der Waals surface area contributed by atoms with Crippen LogP contribution in [0.25, 0.3) is 0 Å². The van der Waals surface area contributed by atoms with E-state index >= 15 is 0 Å². The normalized spacial score (nSPS) is 20.7. The molecule has 162 valence electrons. The number of allylic oxidation sites excluding steroid dienone is 5. The molecule has 0 saturated heterocycles. The van der Waals surface area contributed by atoms with Crippen LogP contribution in [-0.4, -0.2) is 29.7 Å². The molecule has 3 heteroatoms. The fourth-order valence-electron chi connectivity index (χ4n) is 4.69. The third-order valence-corrected chi connectivity index (χ3v) is 6.53. The molecule has 0 heterocycles. The molecule has 0 aliphatic heterocycles. The molecule has 0 aromatic heterocycles. The van der Waals surface area contributed by atoms with Crippen molar-refractivity contribution in [1.82, 2.24) is 4.90 Å². The first-order valence-electron chi connectivity index (χ1n) is 11.3. The van der Waals surface area contributed by atoms with E-state index in [1.807, 2.05) is 61.4 Å². The van der Waals surface area contributed by atoms with E-state index in [-0.39, 0.29) is 11.7 Å². The van der Waals surface area contributed by atoms with Crippen LogP contribution in [0.3, 0.4) is 0 Å². The summed E-state index contributed by atoms with van der Waals surface area (Å²) in [5.41, 5.74) is 1.50. The minimum atomic E-state index is 0.113. The molecule has 3 nitrogen and oxygen atoms in total. The van der Waals surface area contributed by atoms with Gasteiger partial charge in [-0.25, -0.2) is 0 Å². The molecule has 1 aromatic rings. The summed E-state index contributed by atoms with van der Waals surface area (Å²) in [7, 11) is 1.94. The second kappa shape index (κ2) is 12.3. The summed E-state index contributed by atoms with van der Waals surface area (Å²) < 4.78 is 0. The summed E-state index contributed by atoms with van der Waals surface area (Å²) in [6, 6.07) is 9.85. The smallest absolute Gasteiger partial charge is 0.253 e. The minimum Gasteiger partial charge on any atom is -0.339 e. The molecule has 1 aliphatic rings. The zero-order valence-corrected chi connectivity index (χ0v) is 18.8. The van der Waals surface area contributed by atoms with Crippen LogP contribution in [0, 0.1) is 11.8 Å². The van der Waals surface area contributed by atoms with Crippen molar-refractivity contribution in [2.24, 2.45) is 11.8 Å². The van der Waals surface area contributed by atoms with Gasteiger partial charge in [-0.05, 0) is 63.0 Å². The van der Waals surface area contributed by atoms with Gasteiger partial charge in [0, 0.05) is 30.6 Å². The number of carbonyl (C=O) groups is 2. The van der Waals surface area contributed by atoms with Gasteiger partial charge in [0.25, 0.3) is 5.91 Å². The van der Waals surface area contributed by atoms with E-state index in [0.717, 1.165) is 49.7 Å². The van der Waals surface area contributed by atoms with Crippen molar-refractivity contribution in [3.8, 4) is 0 Å². The first-order valence-corrected chi connectivity index (χ1v) is 11.3. The highest BCUT2D eigenvalue weighted by atomic mass is 16.2. The monoisotopic (exact) mass is 407 g/mol. The Morgan fingerprint density at radius 3 is 2.40 bits per heavy atom. The van der Waals surface area contributed by atoms with Crippen molar-refractivity contribution in [2.75, 3.05) is 7.05 Å². The summed E-state index contributed by atoms with van der Waals surface area (Å²) >= 11 is 0. The third-order valence-electron chi connectivity index (χ3n) is 6.53. The maximum Gasteiger partial charge on any atom is 0.253 e. The fourth-order valence-corrected chi connectivity index (χ4v) is 4.69. The quantitative estimate of drug-likeness (QED) is 0.333. The molecule has 1 atom stereocenters. The predicted molar refractivity (Wildman–Crippen MR) is 125 cm³/mol. The van der Waals surface area contributed by atoms with E-state index in [4.69, 9.17) is 0 Å². The lowest BCUT2D eigenvalue weighted by atomic mass is 9.75. The lowest BCUT2D eigenvalue weighted by Crippen LogP contribution is -2.40. The van der Waals surface area contributed by atoms with Crippen LogP contribution in [0.15, 0.2) is 66.8 Å². The third kappa shape index (κ3) is 6.55. The minimum absolute atomic E-state index is 0.113. The van der Waals surface area contributed by atoms with E-state index in [9.17, 15) is 9.59 Å². The number of amides is 1. The maximum atomic E-state index is 12.7. The van der Waals surface area contributed by atoms with E-state index in [1.54, 1.807) is 12.2 Å².